The summed E-state index contributed by atoms with van der Waals surface area (Å²) in [7, 11) is 0. The fraction of sp³-hybridized carbons (Fsp3) is 0.917. The number of rotatable bonds is 6. The minimum atomic E-state index is -0.0419. The largest absolute Gasteiger partial charge is 0.463 e. The van der Waals surface area contributed by atoms with Crippen LogP contribution in [0.15, 0.2) is 0 Å². The lowest BCUT2D eigenvalue weighted by Crippen LogP contribution is -2.30. The second kappa shape index (κ2) is 5.64. The molecule has 0 aromatic carbocycles. The third-order valence-electron chi connectivity index (χ3n) is 3.42. The lowest BCUT2D eigenvalue weighted by atomic mass is 9.89. The zero-order chi connectivity index (χ0) is 11.4. The first-order valence-electron chi connectivity index (χ1n) is 6.31. The molecule has 2 aliphatic rings. The van der Waals surface area contributed by atoms with E-state index < -0.39 is 0 Å². The first kappa shape index (κ1) is 11.9. The van der Waals surface area contributed by atoms with Gasteiger partial charge in [-0.2, -0.15) is 0 Å². The maximum atomic E-state index is 11.8. The SMILES string of the molecule is CCCOCCOC(=O)C1CC2CCC1N2. The number of carbonyl (C=O) groups excluding carboxylic acids is 1. The van der Waals surface area contributed by atoms with Gasteiger partial charge in [0.05, 0.1) is 12.5 Å². The van der Waals surface area contributed by atoms with Crippen LogP contribution in [0, 0.1) is 5.92 Å². The molecule has 0 radical (unpaired) electrons. The van der Waals surface area contributed by atoms with Crippen LogP contribution in [0.2, 0.25) is 0 Å². The van der Waals surface area contributed by atoms with Gasteiger partial charge in [-0.3, -0.25) is 4.79 Å². The molecule has 2 bridgehead atoms. The average molecular weight is 227 g/mol. The van der Waals surface area contributed by atoms with Crippen LogP contribution < -0.4 is 5.32 Å². The second-order valence-corrected chi connectivity index (χ2v) is 4.67. The summed E-state index contributed by atoms with van der Waals surface area (Å²) < 4.78 is 10.5. The zero-order valence-electron chi connectivity index (χ0n) is 9.91. The summed E-state index contributed by atoms with van der Waals surface area (Å²) in [5, 5.41) is 3.44. The van der Waals surface area contributed by atoms with Gasteiger partial charge in [-0.1, -0.05) is 6.92 Å². The van der Waals surface area contributed by atoms with Crippen LogP contribution in [-0.4, -0.2) is 37.9 Å². The Morgan fingerprint density at radius 1 is 1.31 bits per heavy atom. The number of fused-ring (bicyclic) bond motifs is 2. The van der Waals surface area contributed by atoms with Crippen LogP contribution in [0.1, 0.15) is 32.6 Å². The van der Waals surface area contributed by atoms with Crippen molar-refractivity contribution in [3.8, 4) is 0 Å². The van der Waals surface area contributed by atoms with Crippen LogP contribution in [-0.2, 0) is 14.3 Å². The molecular formula is C12H21NO3. The van der Waals surface area contributed by atoms with Crippen molar-refractivity contribution in [1.82, 2.24) is 5.32 Å². The number of hydrogen-bond acceptors (Lipinski definition) is 4. The normalized spacial score (nSPS) is 31.9. The highest BCUT2D eigenvalue weighted by Crippen LogP contribution is 2.33. The van der Waals surface area contributed by atoms with Gasteiger partial charge < -0.3 is 14.8 Å². The molecule has 0 aromatic rings. The molecule has 2 rings (SSSR count). The van der Waals surface area contributed by atoms with Crippen molar-refractivity contribution >= 4 is 5.97 Å². The van der Waals surface area contributed by atoms with Crippen LogP contribution in [0.5, 0.6) is 0 Å². The number of esters is 1. The van der Waals surface area contributed by atoms with Crippen LogP contribution >= 0.6 is 0 Å². The summed E-state index contributed by atoms with van der Waals surface area (Å²) in [5.41, 5.74) is 0. The monoisotopic (exact) mass is 227 g/mol. The van der Waals surface area contributed by atoms with Crippen molar-refractivity contribution in [3.63, 3.8) is 0 Å². The van der Waals surface area contributed by atoms with Gasteiger partial charge in [-0.05, 0) is 25.7 Å². The van der Waals surface area contributed by atoms with E-state index in [4.69, 9.17) is 9.47 Å². The van der Waals surface area contributed by atoms with E-state index >= 15 is 0 Å². The molecule has 2 fully saturated rings. The van der Waals surface area contributed by atoms with E-state index in [1.807, 2.05) is 0 Å². The maximum Gasteiger partial charge on any atom is 0.310 e. The summed E-state index contributed by atoms with van der Waals surface area (Å²) in [6.07, 6.45) is 4.30. The summed E-state index contributed by atoms with van der Waals surface area (Å²) in [4.78, 5) is 11.8. The molecule has 3 atom stereocenters. The lowest BCUT2D eigenvalue weighted by molar-refractivity contribution is -0.150. The molecule has 2 saturated heterocycles. The van der Waals surface area contributed by atoms with E-state index in [0.29, 0.717) is 25.3 Å². The van der Waals surface area contributed by atoms with Crippen molar-refractivity contribution in [2.75, 3.05) is 19.8 Å². The number of hydrogen-bond donors (Lipinski definition) is 1. The second-order valence-electron chi connectivity index (χ2n) is 4.67. The molecule has 2 heterocycles. The van der Waals surface area contributed by atoms with Gasteiger partial charge in [-0.25, -0.2) is 0 Å². The molecule has 0 saturated carbocycles. The van der Waals surface area contributed by atoms with E-state index in [-0.39, 0.29) is 11.9 Å². The Morgan fingerprint density at radius 3 is 2.81 bits per heavy atom. The van der Waals surface area contributed by atoms with Gasteiger partial charge in [0.2, 0.25) is 0 Å². The predicted molar refractivity (Wildman–Crippen MR) is 60.1 cm³/mol. The summed E-state index contributed by atoms with van der Waals surface area (Å²) in [6.45, 7) is 3.72. The summed E-state index contributed by atoms with van der Waals surface area (Å²) in [6, 6.07) is 0.924. The molecule has 3 unspecified atom stereocenters. The van der Waals surface area contributed by atoms with Gasteiger partial charge in [0.15, 0.2) is 0 Å². The Kier molecular flexibility index (Phi) is 4.18. The standard InChI is InChI=1S/C12H21NO3/c1-2-5-15-6-7-16-12(14)10-8-9-3-4-11(10)13-9/h9-11,13H,2-8H2,1H3. The Labute approximate surface area is 96.7 Å². The highest BCUT2D eigenvalue weighted by atomic mass is 16.6. The van der Waals surface area contributed by atoms with E-state index in [9.17, 15) is 4.79 Å². The smallest absolute Gasteiger partial charge is 0.310 e. The maximum absolute atomic E-state index is 11.8. The lowest BCUT2D eigenvalue weighted by Gasteiger charge is -2.18. The first-order valence-corrected chi connectivity index (χ1v) is 6.31. The quantitative estimate of drug-likeness (QED) is 0.545. The summed E-state index contributed by atoms with van der Waals surface area (Å²) >= 11 is 0. The Balaban J connectivity index is 1.61. The van der Waals surface area contributed by atoms with Crippen molar-refractivity contribution in [2.24, 2.45) is 5.92 Å². The molecular weight excluding hydrogens is 206 g/mol. The van der Waals surface area contributed by atoms with Gasteiger partial charge in [0.25, 0.3) is 0 Å². The third kappa shape index (κ3) is 2.74. The molecule has 16 heavy (non-hydrogen) atoms. The Bertz CT molecular complexity index is 244. The Morgan fingerprint density at radius 2 is 2.19 bits per heavy atom. The summed E-state index contributed by atoms with van der Waals surface area (Å²) in [5.74, 6) is 0.0460. The van der Waals surface area contributed by atoms with E-state index in [0.717, 1.165) is 25.9 Å². The third-order valence-corrected chi connectivity index (χ3v) is 3.42. The van der Waals surface area contributed by atoms with Crippen molar-refractivity contribution in [2.45, 2.75) is 44.7 Å². The fourth-order valence-electron chi connectivity index (χ4n) is 2.64. The number of carbonyl (C=O) groups is 1. The van der Waals surface area contributed by atoms with Crippen LogP contribution in [0.25, 0.3) is 0 Å². The first-order chi connectivity index (χ1) is 7.81. The molecule has 1 N–H and O–H groups in total. The molecule has 0 aliphatic carbocycles. The molecule has 4 nitrogen and oxygen atoms in total. The van der Waals surface area contributed by atoms with Crippen molar-refractivity contribution in [3.05, 3.63) is 0 Å². The number of nitrogens with one attached hydrogen (secondary N) is 1. The topological polar surface area (TPSA) is 47.6 Å². The molecule has 2 aliphatic heterocycles. The zero-order valence-corrected chi connectivity index (χ0v) is 9.91. The highest BCUT2D eigenvalue weighted by molar-refractivity contribution is 5.74. The van der Waals surface area contributed by atoms with E-state index in [1.165, 1.54) is 6.42 Å². The fourth-order valence-corrected chi connectivity index (χ4v) is 2.64. The number of ether oxygens (including phenoxy) is 2. The predicted octanol–water partition coefficient (Wildman–Crippen LogP) is 1.10. The van der Waals surface area contributed by atoms with Gasteiger partial charge in [0, 0.05) is 18.7 Å². The van der Waals surface area contributed by atoms with Crippen LogP contribution in [0.4, 0.5) is 0 Å². The van der Waals surface area contributed by atoms with Gasteiger partial charge in [-0.15, -0.1) is 0 Å². The van der Waals surface area contributed by atoms with Crippen molar-refractivity contribution < 1.29 is 14.3 Å². The minimum absolute atomic E-state index is 0.0419. The molecule has 0 aromatic heterocycles. The molecule has 0 amide bonds. The Hall–Kier alpha value is -0.610. The molecule has 0 spiro atoms. The molecule has 4 heteroatoms. The van der Waals surface area contributed by atoms with E-state index in [2.05, 4.69) is 12.2 Å². The minimum Gasteiger partial charge on any atom is -0.463 e. The average Bonchev–Trinajstić information content (AvgIpc) is 2.90. The van der Waals surface area contributed by atoms with E-state index in [1.54, 1.807) is 0 Å². The van der Waals surface area contributed by atoms with Gasteiger partial charge >= 0.3 is 5.97 Å². The van der Waals surface area contributed by atoms with Crippen molar-refractivity contribution in [1.29, 1.82) is 0 Å². The highest BCUT2D eigenvalue weighted by Gasteiger charge is 2.43. The van der Waals surface area contributed by atoms with Gasteiger partial charge in [0.1, 0.15) is 6.61 Å². The molecule has 92 valence electrons. The van der Waals surface area contributed by atoms with Crippen LogP contribution in [0.3, 0.4) is 0 Å².